The molecule has 3 heterocycles. The number of carbonyl (C=O) groups excluding carboxylic acids is 1. The summed E-state index contributed by atoms with van der Waals surface area (Å²) in [5, 5.41) is 10.1. The minimum absolute atomic E-state index is 0.233. The Balaban J connectivity index is 1.40. The standard InChI is InChI=1S/C18H22N6O3/c1-21(17-7-10-26-20-17)11-16-12-24(18(25)27-16)15-5-3-14(4-6-15)23-9-8-22(2)19-13-23/h3-7,10,13,16H,8-9,11-12H2,1-2H3. The van der Waals surface area contributed by atoms with Gasteiger partial charge in [0.15, 0.2) is 5.82 Å². The summed E-state index contributed by atoms with van der Waals surface area (Å²) in [6.07, 6.45) is 2.77. The van der Waals surface area contributed by atoms with Gasteiger partial charge in [0.05, 0.1) is 19.6 Å². The molecule has 1 fully saturated rings. The SMILES string of the molecule is CN1CCN(c2ccc(N3CC(CN(C)c4ccon4)OC3=O)cc2)C=N1. The summed E-state index contributed by atoms with van der Waals surface area (Å²) in [6.45, 7) is 2.79. The van der Waals surface area contributed by atoms with Crippen molar-refractivity contribution in [2.24, 2.45) is 5.10 Å². The maximum atomic E-state index is 12.3. The third-order valence-corrected chi connectivity index (χ3v) is 4.71. The molecule has 142 valence electrons. The van der Waals surface area contributed by atoms with Crippen LogP contribution in [0.1, 0.15) is 0 Å². The van der Waals surface area contributed by atoms with E-state index < -0.39 is 0 Å². The van der Waals surface area contributed by atoms with Crippen molar-refractivity contribution in [2.75, 3.05) is 55.0 Å². The number of benzene rings is 1. The first-order valence-electron chi connectivity index (χ1n) is 8.82. The lowest BCUT2D eigenvalue weighted by atomic mass is 10.2. The van der Waals surface area contributed by atoms with E-state index in [1.54, 1.807) is 11.0 Å². The van der Waals surface area contributed by atoms with Crippen molar-refractivity contribution in [2.45, 2.75) is 6.10 Å². The van der Waals surface area contributed by atoms with Crippen molar-refractivity contribution in [3.63, 3.8) is 0 Å². The molecule has 1 aromatic heterocycles. The van der Waals surface area contributed by atoms with Gasteiger partial charge in [-0.1, -0.05) is 5.16 Å². The summed E-state index contributed by atoms with van der Waals surface area (Å²) in [5.74, 6) is 0.711. The fraction of sp³-hybridized carbons (Fsp3) is 0.389. The number of hydrogen-bond donors (Lipinski definition) is 0. The lowest BCUT2D eigenvalue weighted by Gasteiger charge is -2.27. The van der Waals surface area contributed by atoms with Crippen LogP contribution in [0.15, 0.2) is 46.2 Å². The van der Waals surface area contributed by atoms with Gasteiger partial charge in [0.2, 0.25) is 0 Å². The van der Waals surface area contributed by atoms with Gasteiger partial charge in [-0.2, -0.15) is 5.10 Å². The highest BCUT2D eigenvalue weighted by molar-refractivity contribution is 5.90. The fourth-order valence-electron chi connectivity index (χ4n) is 3.17. The van der Waals surface area contributed by atoms with Gasteiger partial charge in [-0.25, -0.2) is 4.79 Å². The second-order valence-corrected chi connectivity index (χ2v) is 6.68. The van der Waals surface area contributed by atoms with E-state index in [0.29, 0.717) is 18.9 Å². The highest BCUT2D eigenvalue weighted by Gasteiger charge is 2.33. The molecule has 1 unspecified atom stereocenters. The summed E-state index contributed by atoms with van der Waals surface area (Å²) in [7, 11) is 3.84. The van der Waals surface area contributed by atoms with E-state index in [4.69, 9.17) is 9.26 Å². The van der Waals surface area contributed by atoms with Crippen LogP contribution in [0.25, 0.3) is 0 Å². The molecular formula is C18H22N6O3. The van der Waals surface area contributed by atoms with Crippen LogP contribution >= 0.6 is 0 Å². The number of hydrogen-bond acceptors (Lipinski definition) is 8. The zero-order valence-corrected chi connectivity index (χ0v) is 15.4. The minimum atomic E-state index is -0.331. The molecule has 0 N–H and O–H groups in total. The normalized spacial score (nSPS) is 19.6. The van der Waals surface area contributed by atoms with E-state index in [-0.39, 0.29) is 12.2 Å². The van der Waals surface area contributed by atoms with E-state index >= 15 is 0 Å². The van der Waals surface area contributed by atoms with E-state index in [1.807, 2.05) is 54.6 Å². The van der Waals surface area contributed by atoms with Gasteiger partial charge >= 0.3 is 6.09 Å². The predicted octanol–water partition coefficient (Wildman–Crippen LogP) is 1.83. The molecule has 9 heteroatoms. The van der Waals surface area contributed by atoms with Crippen LogP contribution in [-0.4, -0.2) is 69.0 Å². The number of carbonyl (C=O) groups is 1. The van der Waals surface area contributed by atoms with Crippen LogP contribution < -0.4 is 14.7 Å². The van der Waals surface area contributed by atoms with Crippen LogP contribution in [0.5, 0.6) is 0 Å². The van der Waals surface area contributed by atoms with Crippen molar-refractivity contribution in [1.29, 1.82) is 0 Å². The third kappa shape index (κ3) is 3.67. The maximum absolute atomic E-state index is 12.3. The Bertz CT molecular complexity index is 807. The van der Waals surface area contributed by atoms with Crippen molar-refractivity contribution >= 4 is 29.6 Å². The lowest BCUT2D eigenvalue weighted by Crippen LogP contribution is -2.36. The van der Waals surface area contributed by atoms with Gasteiger partial charge in [-0.3, -0.25) is 9.91 Å². The molecule has 4 rings (SSSR count). The number of likely N-dealkylation sites (N-methyl/N-ethyl adjacent to an activating group) is 2. The molecule has 0 radical (unpaired) electrons. The Morgan fingerprint density at radius 3 is 2.63 bits per heavy atom. The molecule has 2 aliphatic rings. The quantitative estimate of drug-likeness (QED) is 0.795. The molecule has 27 heavy (non-hydrogen) atoms. The Kier molecular flexibility index (Phi) is 4.57. The first-order chi connectivity index (χ1) is 13.1. The van der Waals surface area contributed by atoms with Crippen molar-refractivity contribution in [3.8, 4) is 0 Å². The summed E-state index contributed by atoms with van der Waals surface area (Å²) in [4.78, 5) is 17.9. The summed E-state index contributed by atoms with van der Waals surface area (Å²) in [5.41, 5.74) is 1.87. The smallest absolute Gasteiger partial charge is 0.414 e. The monoisotopic (exact) mass is 370 g/mol. The number of ether oxygens (including phenoxy) is 1. The largest absolute Gasteiger partial charge is 0.442 e. The molecular weight excluding hydrogens is 348 g/mol. The number of amides is 1. The topological polar surface area (TPSA) is 77.6 Å². The number of anilines is 3. The molecule has 0 saturated carbocycles. The van der Waals surface area contributed by atoms with Gasteiger partial charge in [-0.05, 0) is 24.3 Å². The average Bonchev–Trinajstić information content (AvgIpc) is 3.33. The predicted molar refractivity (Wildman–Crippen MR) is 102 cm³/mol. The minimum Gasteiger partial charge on any atom is -0.442 e. The molecule has 0 spiro atoms. The number of rotatable bonds is 5. The lowest BCUT2D eigenvalue weighted by molar-refractivity contribution is 0.144. The first kappa shape index (κ1) is 17.2. The van der Waals surface area contributed by atoms with Crippen LogP contribution in [-0.2, 0) is 4.74 Å². The van der Waals surface area contributed by atoms with Crippen molar-refractivity contribution in [3.05, 3.63) is 36.6 Å². The Hall–Kier alpha value is -3.23. The molecule has 1 aromatic carbocycles. The van der Waals surface area contributed by atoms with Crippen LogP contribution in [0, 0.1) is 0 Å². The Morgan fingerprint density at radius 2 is 1.96 bits per heavy atom. The van der Waals surface area contributed by atoms with Crippen LogP contribution in [0.2, 0.25) is 0 Å². The summed E-state index contributed by atoms with van der Waals surface area (Å²) >= 11 is 0. The van der Waals surface area contributed by atoms with Crippen molar-refractivity contribution < 1.29 is 14.1 Å². The van der Waals surface area contributed by atoms with Crippen LogP contribution in [0.3, 0.4) is 0 Å². The molecule has 1 saturated heterocycles. The zero-order valence-electron chi connectivity index (χ0n) is 15.4. The maximum Gasteiger partial charge on any atom is 0.414 e. The number of cyclic esters (lactones) is 1. The molecule has 1 atom stereocenters. The Labute approximate surface area is 157 Å². The van der Waals surface area contributed by atoms with Crippen LogP contribution in [0.4, 0.5) is 22.0 Å². The highest BCUT2D eigenvalue weighted by atomic mass is 16.6. The zero-order chi connectivity index (χ0) is 18.8. The van der Waals surface area contributed by atoms with Gasteiger partial charge in [0.1, 0.15) is 18.7 Å². The third-order valence-electron chi connectivity index (χ3n) is 4.71. The van der Waals surface area contributed by atoms with Gasteiger partial charge in [-0.15, -0.1) is 0 Å². The second-order valence-electron chi connectivity index (χ2n) is 6.68. The van der Waals surface area contributed by atoms with Gasteiger partial charge in [0.25, 0.3) is 0 Å². The molecule has 0 bridgehead atoms. The Morgan fingerprint density at radius 1 is 1.19 bits per heavy atom. The van der Waals surface area contributed by atoms with Gasteiger partial charge < -0.3 is 19.1 Å². The summed E-state index contributed by atoms with van der Waals surface area (Å²) in [6, 6.07) is 9.64. The summed E-state index contributed by atoms with van der Waals surface area (Å²) < 4.78 is 10.4. The van der Waals surface area contributed by atoms with E-state index in [2.05, 4.69) is 15.2 Å². The second kappa shape index (κ2) is 7.18. The van der Waals surface area contributed by atoms with E-state index in [9.17, 15) is 4.79 Å². The average molecular weight is 370 g/mol. The highest BCUT2D eigenvalue weighted by Crippen LogP contribution is 2.25. The van der Waals surface area contributed by atoms with Gasteiger partial charge in [0, 0.05) is 38.1 Å². The molecule has 1 amide bonds. The number of hydrazone groups is 1. The fourth-order valence-corrected chi connectivity index (χ4v) is 3.17. The van der Waals surface area contributed by atoms with E-state index in [1.165, 1.54) is 6.26 Å². The first-order valence-corrected chi connectivity index (χ1v) is 8.82. The molecule has 0 aliphatic carbocycles. The van der Waals surface area contributed by atoms with E-state index in [0.717, 1.165) is 24.5 Å². The van der Waals surface area contributed by atoms with Crippen molar-refractivity contribution in [1.82, 2.24) is 10.2 Å². The molecule has 9 nitrogen and oxygen atoms in total. The molecule has 2 aromatic rings. The number of aromatic nitrogens is 1. The molecule has 2 aliphatic heterocycles. The number of nitrogens with zero attached hydrogens (tertiary/aromatic N) is 6.